The lowest BCUT2D eigenvalue weighted by atomic mass is 9.88. The Morgan fingerprint density at radius 1 is 1.32 bits per heavy atom. The number of hydrogen-bond acceptors (Lipinski definition) is 4. The van der Waals surface area contributed by atoms with Crippen LogP contribution in [0.25, 0.3) is 0 Å². The minimum absolute atomic E-state index is 0. The fourth-order valence-corrected chi connectivity index (χ4v) is 4.62. The minimum atomic E-state index is -2.82. The van der Waals surface area contributed by atoms with Gasteiger partial charge >= 0.3 is 0 Å². The van der Waals surface area contributed by atoms with Crippen molar-refractivity contribution < 1.29 is 13.2 Å². The molecule has 2 aliphatic rings. The lowest BCUT2D eigenvalue weighted by molar-refractivity contribution is -0.136. The molecule has 0 aromatic carbocycles. The first-order valence-corrected chi connectivity index (χ1v) is 8.61. The Morgan fingerprint density at radius 2 is 2.00 bits per heavy atom. The van der Waals surface area contributed by atoms with E-state index in [0.29, 0.717) is 11.5 Å². The summed E-state index contributed by atoms with van der Waals surface area (Å²) < 4.78 is 29.2. The average molecular weight is 312 g/mol. The Kier molecular flexibility index (Phi) is 5.33. The summed E-state index contributed by atoms with van der Waals surface area (Å²) in [4.78, 5) is 0. The molecule has 0 saturated carbocycles. The van der Waals surface area contributed by atoms with Crippen LogP contribution in [-0.2, 0) is 14.6 Å². The summed E-state index contributed by atoms with van der Waals surface area (Å²) in [6.45, 7) is 8.04. The Morgan fingerprint density at radius 3 is 2.53 bits per heavy atom. The predicted octanol–water partition coefficient (Wildman–Crippen LogP) is 1.99. The summed E-state index contributed by atoms with van der Waals surface area (Å²) in [5.41, 5.74) is -0.189. The molecule has 1 N–H and O–H groups in total. The lowest BCUT2D eigenvalue weighted by Gasteiger charge is -2.44. The van der Waals surface area contributed by atoms with Gasteiger partial charge in [0.25, 0.3) is 0 Å². The van der Waals surface area contributed by atoms with E-state index in [4.69, 9.17) is 4.74 Å². The number of ether oxygens (including phenoxy) is 1. The molecule has 0 aromatic heterocycles. The van der Waals surface area contributed by atoms with Crippen molar-refractivity contribution in [2.24, 2.45) is 11.3 Å². The van der Waals surface area contributed by atoms with Crippen molar-refractivity contribution in [1.29, 1.82) is 0 Å². The molecule has 0 aliphatic carbocycles. The van der Waals surface area contributed by atoms with Crippen LogP contribution in [0.4, 0.5) is 0 Å². The molecule has 19 heavy (non-hydrogen) atoms. The van der Waals surface area contributed by atoms with Crippen LogP contribution < -0.4 is 5.32 Å². The summed E-state index contributed by atoms with van der Waals surface area (Å²) in [5, 5.41) is 3.44. The normalized spacial score (nSPS) is 37.3. The third kappa shape index (κ3) is 4.88. The van der Waals surface area contributed by atoms with Gasteiger partial charge in [-0.15, -0.1) is 12.4 Å². The van der Waals surface area contributed by atoms with Crippen LogP contribution in [0.3, 0.4) is 0 Å². The van der Waals surface area contributed by atoms with E-state index in [9.17, 15) is 8.42 Å². The fourth-order valence-electron chi connectivity index (χ4n) is 2.84. The van der Waals surface area contributed by atoms with Crippen molar-refractivity contribution in [3.63, 3.8) is 0 Å². The van der Waals surface area contributed by atoms with Crippen molar-refractivity contribution in [1.82, 2.24) is 5.32 Å². The molecule has 0 bridgehead atoms. The maximum absolute atomic E-state index is 11.6. The third-order valence-corrected chi connectivity index (χ3v) is 5.85. The van der Waals surface area contributed by atoms with Crippen molar-refractivity contribution in [2.75, 3.05) is 24.7 Å². The molecule has 4 nitrogen and oxygen atoms in total. The van der Waals surface area contributed by atoms with E-state index in [0.717, 1.165) is 32.4 Å². The first-order chi connectivity index (χ1) is 8.20. The molecule has 0 spiro atoms. The Bertz CT molecular complexity index is 398. The van der Waals surface area contributed by atoms with Gasteiger partial charge < -0.3 is 4.74 Å². The summed E-state index contributed by atoms with van der Waals surface area (Å²) in [6, 6.07) is 0. The van der Waals surface area contributed by atoms with Crippen molar-refractivity contribution in [3.8, 4) is 0 Å². The van der Waals surface area contributed by atoms with Gasteiger partial charge in [0.2, 0.25) is 0 Å². The zero-order valence-corrected chi connectivity index (χ0v) is 13.7. The van der Waals surface area contributed by atoms with Crippen LogP contribution in [0.15, 0.2) is 0 Å². The molecular weight excluding hydrogens is 286 g/mol. The summed E-state index contributed by atoms with van der Waals surface area (Å²) in [5.74, 6) is 0.931. The molecular formula is C13H26ClNO3S. The van der Waals surface area contributed by atoms with E-state index < -0.39 is 9.84 Å². The second-order valence-electron chi connectivity index (χ2n) is 6.86. The number of halogens is 1. The number of hydrogen-bond donors (Lipinski definition) is 1. The van der Waals surface area contributed by atoms with Crippen molar-refractivity contribution >= 4 is 22.2 Å². The molecule has 2 atom stereocenters. The van der Waals surface area contributed by atoms with Crippen LogP contribution in [0, 0.1) is 11.3 Å². The van der Waals surface area contributed by atoms with Gasteiger partial charge in [-0.1, -0.05) is 13.8 Å². The van der Waals surface area contributed by atoms with Gasteiger partial charge in [0.15, 0.2) is 9.84 Å². The minimum Gasteiger partial charge on any atom is -0.360 e. The Labute approximate surface area is 123 Å². The number of nitrogens with one attached hydrogen (secondary N) is 1. The van der Waals surface area contributed by atoms with E-state index in [1.54, 1.807) is 0 Å². The van der Waals surface area contributed by atoms with Crippen molar-refractivity contribution in [3.05, 3.63) is 0 Å². The highest BCUT2D eigenvalue weighted by atomic mass is 35.5. The highest BCUT2D eigenvalue weighted by Crippen LogP contribution is 2.32. The quantitative estimate of drug-likeness (QED) is 0.847. The van der Waals surface area contributed by atoms with Crippen LogP contribution in [-0.4, -0.2) is 38.8 Å². The van der Waals surface area contributed by atoms with Gasteiger partial charge in [-0.3, -0.25) is 5.32 Å². The van der Waals surface area contributed by atoms with E-state index in [1.165, 1.54) is 0 Å². The van der Waals surface area contributed by atoms with Crippen molar-refractivity contribution in [2.45, 2.75) is 45.8 Å². The summed E-state index contributed by atoms with van der Waals surface area (Å²) in [7, 11) is -2.82. The monoisotopic (exact) mass is 311 g/mol. The molecule has 2 saturated heterocycles. The van der Waals surface area contributed by atoms with Gasteiger partial charge in [-0.05, 0) is 32.1 Å². The zero-order valence-electron chi connectivity index (χ0n) is 12.1. The molecule has 2 aliphatic heterocycles. The molecule has 0 aromatic rings. The van der Waals surface area contributed by atoms with Crippen LogP contribution in [0.2, 0.25) is 0 Å². The second-order valence-corrected chi connectivity index (χ2v) is 9.09. The first-order valence-electron chi connectivity index (χ1n) is 6.79. The number of rotatable bonds is 2. The van der Waals surface area contributed by atoms with Crippen LogP contribution in [0.5, 0.6) is 0 Å². The van der Waals surface area contributed by atoms with E-state index in [2.05, 4.69) is 19.2 Å². The maximum Gasteiger partial charge on any atom is 0.150 e. The predicted molar refractivity (Wildman–Crippen MR) is 79.4 cm³/mol. The molecule has 2 unspecified atom stereocenters. The van der Waals surface area contributed by atoms with E-state index in [1.807, 2.05) is 6.92 Å². The van der Waals surface area contributed by atoms with Crippen LogP contribution in [0.1, 0.15) is 40.0 Å². The average Bonchev–Trinajstić information content (AvgIpc) is 2.22. The van der Waals surface area contributed by atoms with Gasteiger partial charge in [-0.2, -0.15) is 0 Å². The van der Waals surface area contributed by atoms with E-state index >= 15 is 0 Å². The van der Waals surface area contributed by atoms with Gasteiger partial charge in [-0.25, -0.2) is 8.42 Å². The molecule has 2 fully saturated rings. The standard InChI is InChI=1S/C13H25NO3S.ClH/c1-12(2)9-14-13(3,17-10-12)7-11-5-4-6-18(15,16)8-11;/h11,14H,4-10H2,1-3H3;1H. The van der Waals surface area contributed by atoms with Gasteiger partial charge in [0, 0.05) is 12.0 Å². The molecule has 2 rings (SSSR count). The van der Waals surface area contributed by atoms with Crippen LogP contribution >= 0.6 is 12.4 Å². The van der Waals surface area contributed by atoms with Gasteiger partial charge in [0.05, 0.1) is 18.1 Å². The largest absolute Gasteiger partial charge is 0.360 e. The second kappa shape index (κ2) is 5.88. The van der Waals surface area contributed by atoms with E-state index in [-0.39, 0.29) is 29.5 Å². The molecule has 114 valence electrons. The van der Waals surface area contributed by atoms with Gasteiger partial charge in [0.1, 0.15) is 5.72 Å². The topological polar surface area (TPSA) is 55.4 Å². The SMILES string of the molecule is CC1(C)CNC(C)(CC2CCCS(=O)(=O)C2)OC1.Cl. The lowest BCUT2D eigenvalue weighted by Crippen LogP contribution is -2.57. The third-order valence-electron chi connectivity index (χ3n) is 3.96. The Balaban J connectivity index is 0.00000180. The maximum atomic E-state index is 11.6. The highest BCUT2D eigenvalue weighted by molar-refractivity contribution is 7.91. The molecule has 0 radical (unpaired) electrons. The Hall–Kier alpha value is 0.160. The molecule has 6 heteroatoms. The first kappa shape index (κ1) is 17.2. The number of sulfone groups is 1. The summed E-state index contributed by atoms with van der Waals surface area (Å²) >= 11 is 0. The smallest absolute Gasteiger partial charge is 0.150 e. The molecule has 0 amide bonds. The fraction of sp³-hybridized carbons (Fsp3) is 1.00. The summed E-state index contributed by atoms with van der Waals surface area (Å²) in [6.07, 6.45) is 2.60. The zero-order chi connectivity index (χ0) is 13.4. The molecule has 2 heterocycles. The highest BCUT2D eigenvalue weighted by Gasteiger charge is 2.38.